The first kappa shape index (κ1) is 19.7. The Morgan fingerprint density at radius 1 is 1.33 bits per heavy atom. The van der Waals surface area contributed by atoms with Gasteiger partial charge in [-0.2, -0.15) is 13.2 Å². The topological polar surface area (TPSA) is 74.2 Å². The average Bonchev–Trinajstić information content (AvgIpc) is 2.96. The van der Waals surface area contributed by atoms with Gasteiger partial charge in [0.1, 0.15) is 0 Å². The van der Waals surface area contributed by atoms with Crippen molar-refractivity contribution < 1.29 is 23.1 Å². The van der Waals surface area contributed by atoms with Gasteiger partial charge in [0, 0.05) is 6.20 Å². The van der Waals surface area contributed by atoms with E-state index in [0.29, 0.717) is 5.69 Å². The lowest BCUT2D eigenvalue weighted by Crippen LogP contribution is -2.40. The quantitative estimate of drug-likeness (QED) is 0.689. The van der Waals surface area contributed by atoms with E-state index in [4.69, 9.17) is 23.2 Å². The smallest absolute Gasteiger partial charge is 0.376 e. The largest absolute Gasteiger partial charge is 0.421 e. The van der Waals surface area contributed by atoms with Gasteiger partial charge in [-0.15, -0.1) is 0 Å². The van der Waals surface area contributed by atoms with E-state index in [1.54, 1.807) is 24.4 Å². The number of halogens is 5. The number of pyridine rings is 1. The molecule has 3 N–H and O–H groups in total. The molecule has 1 atom stereocenters. The fraction of sp³-hybridized carbons (Fsp3) is 0.294. The maximum Gasteiger partial charge on any atom is 0.421 e. The highest BCUT2D eigenvalue weighted by atomic mass is 35.5. The Bertz CT molecular complexity index is 878. The standard InChI is InChI=1S/C17H14Cl2F3N3O2/c18-12-7-11-10(4-5-16(11,27)17(20,21)22)13(19)14(12)25-15(26)24-8-9-3-1-2-6-23-9/h1-3,6-7,27H,4-5,8H2,(H2,24,25,26). The van der Waals surface area contributed by atoms with Gasteiger partial charge in [0.25, 0.3) is 0 Å². The van der Waals surface area contributed by atoms with Crippen molar-refractivity contribution >= 4 is 34.9 Å². The maximum atomic E-state index is 13.2. The summed E-state index contributed by atoms with van der Waals surface area (Å²) in [5.41, 5.74) is -2.67. The molecule has 0 saturated carbocycles. The molecule has 1 aromatic heterocycles. The van der Waals surface area contributed by atoms with E-state index >= 15 is 0 Å². The molecule has 1 aromatic carbocycles. The summed E-state index contributed by atoms with van der Waals surface area (Å²) in [7, 11) is 0. The van der Waals surface area contributed by atoms with Gasteiger partial charge in [-0.05, 0) is 42.2 Å². The van der Waals surface area contributed by atoms with E-state index in [0.717, 1.165) is 6.07 Å². The minimum Gasteiger partial charge on any atom is -0.376 e. The third-order valence-corrected chi connectivity index (χ3v) is 5.08. The van der Waals surface area contributed by atoms with Crippen LogP contribution in [0.3, 0.4) is 0 Å². The molecule has 1 heterocycles. The fourth-order valence-electron chi connectivity index (χ4n) is 2.95. The number of alkyl halides is 3. The van der Waals surface area contributed by atoms with Gasteiger partial charge in [-0.25, -0.2) is 4.79 Å². The number of aromatic nitrogens is 1. The first-order valence-corrected chi connectivity index (χ1v) is 8.64. The van der Waals surface area contributed by atoms with Crippen LogP contribution in [0.1, 0.15) is 23.2 Å². The third kappa shape index (κ3) is 3.69. The summed E-state index contributed by atoms with van der Waals surface area (Å²) >= 11 is 12.2. The van der Waals surface area contributed by atoms with Crippen LogP contribution < -0.4 is 10.6 Å². The molecule has 144 valence electrons. The third-order valence-electron chi connectivity index (χ3n) is 4.37. The van der Waals surface area contributed by atoms with Crippen molar-refractivity contribution in [3.63, 3.8) is 0 Å². The highest BCUT2D eigenvalue weighted by molar-refractivity contribution is 6.40. The summed E-state index contributed by atoms with van der Waals surface area (Å²) in [5, 5.41) is 14.7. The number of fused-ring (bicyclic) bond motifs is 1. The predicted molar refractivity (Wildman–Crippen MR) is 94.8 cm³/mol. The number of aliphatic hydroxyl groups is 1. The van der Waals surface area contributed by atoms with Gasteiger partial charge in [0.2, 0.25) is 0 Å². The first-order valence-electron chi connectivity index (χ1n) is 7.88. The number of benzene rings is 1. The van der Waals surface area contributed by atoms with Crippen molar-refractivity contribution in [2.24, 2.45) is 0 Å². The minimum atomic E-state index is -4.86. The monoisotopic (exact) mass is 419 g/mol. The van der Waals surface area contributed by atoms with Crippen LogP contribution in [-0.2, 0) is 18.6 Å². The number of carbonyl (C=O) groups is 1. The molecule has 0 spiro atoms. The van der Waals surface area contributed by atoms with Crippen LogP contribution in [0.25, 0.3) is 0 Å². The van der Waals surface area contributed by atoms with E-state index in [1.807, 2.05) is 0 Å². The molecule has 1 aliphatic rings. The maximum absolute atomic E-state index is 13.2. The van der Waals surface area contributed by atoms with E-state index < -0.39 is 24.2 Å². The summed E-state index contributed by atoms with van der Waals surface area (Å²) in [6.07, 6.45) is -3.94. The van der Waals surface area contributed by atoms with Crippen molar-refractivity contribution in [3.05, 3.63) is 57.3 Å². The van der Waals surface area contributed by atoms with Gasteiger partial charge >= 0.3 is 12.2 Å². The Morgan fingerprint density at radius 3 is 2.70 bits per heavy atom. The van der Waals surface area contributed by atoms with Gasteiger partial charge in [0.15, 0.2) is 5.60 Å². The average molecular weight is 420 g/mol. The molecule has 2 amide bonds. The lowest BCUT2D eigenvalue weighted by atomic mass is 9.95. The number of urea groups is 1. The van der Waals surface area contributed by atoms with Crippen LogP contribution in [0.15, 0.2) is 30.5 Å². The second-order valence-electron chi connectivity index (χ2n) is 6.06. The zero-order valence-electron chi connectivity index (χ0n) is 13.7. The van der Waals surface area contributed by atoms with E-state index in [-0.39, 0.29) is 39.8 Å². The van der Waals surface area contributed by atoms with Crippen LogP contribution in [0, 0.1) is 0 Å². The van der Waals surface area contributed by atoms with Gasteiger partial charge < -0.3 is 15.7 Å². The predicted octanol–water partition coefficient (Wildman–Crippen LogP) is 4.41. The Kier molecular flexibility index (Phi) is 5.24. The molecule has 0 saturated heterocycles. The highest BCUT2D eigenvalue weighted by Crippen LogP contribution is 2.52. The number of rotatable bonds is 3. The lowest BCUT2D eigenvalue weighted by Gasteiger charge is -2.27. The Morgan fingerprint density at radius 2 is 2.07 bits per heavy atom. The van der Waals surface area contributed by atoms with Crippen molar-refractivity contribution in [2.45, 2.75) is 31.2 Å². The zero-order chi connectivity index (χ0) is 19.8. The number of amides is 2. The van der Waals surface area contributed by atoms with Gasteiger partial charge in [-0.1, -0.05) is 29.3 Å². The summed E-state index contributed by atoms with van der Waals surface area (Å²) in [6, 6.07) is 5.56. The van der Waals surface area contributed by atoms with E-state index in [9.17, 15) is 23.1 Å². The molecule has 0 fully saturated rings. The van der Waals surface area contributed by atoms with Crippen molar-refractivity contribution in [1.82, 2.24) is 10.3 Å². The minimum absolute atomic E-state index is 0.0120. The number of hydrogen-bond donors (Lipinski definition) is 3. The number of nitrogens with zero attached hydrogens (tertiary/aromatic N) is 1. The molecule has 0 bridgehead atoms. The van der Waals surface area contributed by atoms with Crippen molar-refractivity contribution in [2.75, 3.05) is 5.32 Å². The van der Waals surface area contributed by atoms with Crippen LogP contribution >= 0.6 is 23.2 Å². The lowest BCUT2D eigenvalue weighted by molar-refractivity contribution is -0.265. The van der Waals surface area contributed by atoms with Crippen molar-refractivity contribution in [1.29, 1.82) is 0 Å². The molecule has 1 unspecified atom stereocenters. The SMILES string of the molecule is O=C(NCc1ccccn1)Nc1c(Cl)cc2c(c1Cl)CCC2(O)C(F)(F)F. The number of hydrogen-bond acceptors (Lipinski definition) is 3. The number of nitrogens with one attached hydrogen (secondary N) is 2. The molecule has 5 nitrogen and oxygen atoms in total. The van der Waals surface area contributed by atoms with Gasteiger partial charge in [0.05, 0.1) is 28.0 Å². The van der Waals surface area contributed by atoms with Crippen LogP contribution in [0.5, 0.6) is 0 Å². The molecular formula is C17H14Cl2F3N3O2. The molecule has 10 heteroatoms. The van der Waals surface area contributed by atoms with Crippen LogP contribution in [0.2, 0.25) is 10.0 Å². The molecular weight excluding hydrogens is 406 g/mol. The highest BCUT2D eigenvalue weighted by Gasteiger charge is 2.58. The first-order chi connectivity index (χ1) is 12.6. The summed E-state index contributed by atoms with van der Waals surface area (Å²) < 4.78 is 39.7. The molecule has 27 heavy (non-hydrogen) atoms. The van der Waals surface area contributed by atoms with Crippen LogP contribution in [0.4, 0.5) is 23.7 Å². The normalized spacial score (nSPS) is 18.9. The van der Waals surface area contributed by atoms with E-state index in [2.05, 4.69) is 15.6 Å². The van der Waals surface area contributed by atoms with Crippen LogP contribution in [-0.4, -0.2) is 22.3 Å². The molecule has 2 aromatic rings. The number of anilines is 1. The zero-order valence-corrected chi connectivity index (χ0v) is 15.2. The molecule has 1 aliphatic carbocycles. The fourth-order valence-corrected chi connectivity index (χ4v) is 3.60. The molecule has 3 rings (SSSR count). The number of carbonyl (C=O) groups excluding carboxylic acids is 1. The Balaban J connectivity index is 1.81. The molecule has 0 aliphatic heterocycles. The Labute approximate surface area is 162 Å². The Hall–Kier alpha value is -2.03. The summed E-state index contributed by atoms with van der Waals surface area (Å²) in [6.45, 7) is 0.140. The van der Waals surface area contributed by atoms with Crippen molar-refractivity contribution in [3.8, 4) is 0 Å². The van der Waals surface area contributed by atoms with Gasteiger partial charge in [-0.3, -0.25) is 4.98 Å². The summed E-state index contributed by atoms with van der Waals surface area (Å²) in [4.78, 5) is 16.1. The van der Waals surface area contributed by atoms with E-state index in [1.165, 1.54) is 0 Å². The molecule has 0 radical (unpaired) electrons. The second kappa shape index (κ2) is 7.18. The summed E-state index contributed by atoms with van der Waals surface area (Å²) in [5.74, 6) is 0. The second-order valence-corrected chi connectivity index (χ2v) is 6.85.